The molecule has 8 N–H and O–H groups in total. The highest BCUT2D eigenvalue weighted by Gasteiger charge is 2.33. The van der Waals surface area contributed by atoms with E-state index in [-0.39, 0.29) is 31.1 Å². The van der Waals surface area contributed by atoms with Crippen LogP contribution in [-0.4, -0.2) is 106 Å². The summed E-state index contributed by atoms with van der Waals surface area (Å²) in [5.74, 6) is -5.06. The zero-order valence-electron chi connectivity index (χ0n) is 30.6. The first-order valence-corrected chi connectivity index (χ1v) is 18.8. The highest BCUT2D eigenvalue weighted by Crippen LogP contribution is 2.22. The molecule has 3 atom stereocenters. The molecule has 0 saturated heterocycles. The molecule has 0 spiro atoms. The normalized spacial score (nSPS) is 15.7. The third-order valence-electron chi connectivity index (χ3n) is 8.35. The first-order chi connectivity index (χ1) is 24.5. The largest absolute Gasteiger partial charge is 0.480 e. The van der Waals surface area contributed by atoms with Crippen molar-refractivity contribution in [2.45, 2.75) is 116 Å². The monoisotopic (exact) mass is 797 g/mol. The van der Waals surface area contributed by atoms with Gasteiger partial charge in [-0.2, -0.15) is 0 Å². The standard InChI is InChI=1S/C28H42BrN7O9.C7H14/c1-16(2)36(21(28(44)45)11-18-7-5-4-6-8-18)25(41)15-33-27(43)20(13-31-23(39)12-29)35-24(40)14-32-26(42)19(34-17(3)37)9-10-22(30)38;1-7-5-3-2-4-6-7/h5,7-8,16,19-21H,4,6,9-15H2,1-3H3,(H2,30,38)(H,31,39)(H,32,42)(H,33,43)(H,34,37)(H,35,40)(H,44,45);7H,2-6H2,1H3. The highest BCUT2D eigenvalue weighted by molar-refractivity contribution is 9.09. The molecule has 0 aliphatic heterocycles. The Balaban J connectivity index is 0.00000171. The molecule has 0 radical (unpaired) electrons. The number of rotatable bonds is 19. The molecule has 0 aromatic rings. The molecule has 17 heteroatoms. The Labute approximate surface area is 314 Å². The minimum Gasteiger partial charge on any atom is -0.480 e. The van der Waals surface area contributed by atoms with Gasteiger partial charge in [0, 0.05) is 32.4 Å². The number of carboxylic acid groups (broad SMARTS) is 1. The predicted octanol–water partition coefficient (Wildman–Crippen LogP) is 0.928. The van der Waals surface area contributed by atoms with Gasteiger partial charge in [0.05, 0.1) is 18.4 Å². The lowest BCUT2D eigenvalue weighted by molar-refractivity contribution is -0.151. The summed E-state index contributed by atoms with van der Waals surface area (Å²) in [6, 6.07) is -4.24. The van der Waals surface area contributed by atoms with Gasteiger partial charge < -0.3 is 42.3 Å². The summed E-state index contributed by atoms with van der Waals surface area (Å²) in [6.45, 7) is 5.23. The Bertz CT molecular complexity index is 1320. The third-order valence-corrected chi connectivity index (χ3v) is 8.86. The van der Waals surface area contributed by atoms with E-state index in [1.54, 1.807) is 13.8 Å². The molecular weight excluding hydrogens is 742 g/mol. The summed E-state index contributed by atoms with van der Waals surface area (Å²) >= 11 is 2.97. The summed E-state index contributed by atoms with van der Waals surface area (Å²) in [5, 5.41) is 21.6. The lowest BCUT2D eigenvalue weighted by Crippen LogP contribution is -2.57. The van der Waals surface area contributed by atoms with Crippen LogP contribution in [0.15, 0.2) is 23.8 Å². The smallest absolute Gasteiger partial charge is 0.326 e. The molecule has 7 amide bonds. The van der Waals surface area contributed by atoms with Crippen molar-refractivity contribution < 1.29 is 43.5 Å². The van der Waals surface area contributed by atoms with Crippen molar-refractivity contribution in [1.82, 2.24) is 31.5 Å². The van der Waals surface area contributed by atoms with Gasteiger partial charge in [-0.15, -0.1) is 0 Å². The van der Waals surface area contributed by atoms with E-state index in [1.165, 1.54) is 43.9 Å². The Morgan fingerprint density at radius 2 is 1.54 bits per heavy atom. The summed E-state index contributed by atoms with van der Waals surface area (Å²) in [7, 11) is 0. The quantitative estimate of drug-likeness (QED) is 0.0918. The number of hydrogen-bond acceptors (Lipinski definition) is 8. The van der Waals surface area contributed by atoms with Crippen molar-refractivity contribution in [2.75, 3.05) is 25.0 Å². The van der Waals surface area contributed by atoms with Crippen molar-refractivity contribution in [3.05, 3.63) is 23.8 Å². The number of halogens is 1. The number of primary amides is 1. The fraction of sp³-hybridized carbons (Fsp3) is 0.657. The second-order valence-electron chi connectivity index (χ2n) is 13.2. The third kappa shape index (κ3) is 18.8. The van der Waals surface area contributed by atoms with Crippen LogP contribution < -0.4 is 32.3 Å². The minimum atomic E-state index is -1.38. The summed E-state index contributed by atoms with van der Waals surface area (Å²) < 4.78 is 0. The number of carbonyl (C=O) groups is 8. The number of alkyl halides is 1. The first kappa shape index (κ1) is 45.7. The van der Waals surface area contributed by atoms with E-state index in [1.807, 2.05) is 18.2 Å². The average molecular weight is 799 g/mol. The summed E-state index contributed by atoms with van der Waals surface area (Å²) in [4.78, 5) is 99.0. The molecule has 0 aromatic heterocycles. The number of amides is 7. The SMILES string of the molecule is CC(=O)NC(CCC(N)=O)C(=O)NCC(=O)NC(CNC(=O)CBr)C(=O)NCC(=O)N(C(C)C)C(CC1=CCCC=C1)C(=O)O.CC1CCCCC1. The van der Waals surface area contributed by atoms with Gasteiger partial charge in [-0.25, -0.2) is 4.79 Å². The summed E-state index contributed by atoms with van der Waals surface area (Å²) in [6.07, 6.45) is 14.5. The Hall–Kier alpha value is -4.28. The van der Waals surface area contributed by atoms with Crippen LogP contribution >= 0.6 is 15.9 Å². The molecule has 0 bridgehead atoms. The van der Waals surface area contributed by atoms with Crippen LogP contribution in [0.5, 0.6) is 0 Å². The maximum Gasteiger partial charge on any atom is 0.326 e. The summed E-state index contributed by atoms with van der Waals surface area (Å²) in [5.41, 5.74) is 5.89. The number of carboxylic acids is 1. The minimum absolute atomic E-state index is 0.0814. The van der Waals surface area contributed by atoms with Gasteiger partial charge in [0.2, 0.25) is 41.4 Å². The van der Waals surface area contributed by atoms with Crippen molar-refractivity contribution >= 4 is 63.2 Å². The van der Waals surface area contributed by atoms with Gasteiger partial charge >= 0.3 is 5.97 Å². The molecule has 52 heavy (non-hydrogen) atoms. The lowest BCUT2D eigenvalue weighted by Gasteiger charge is -2.33. The van der Waals surface area contributed by atoms with Crippen LogP contribution in [-0.2, 0) is 38.4 Å². The van der Waals surface area contributed by atoms with E-state index in [0.717, 1.165) is 24.3 Å². The number of allylic oxidation sites excluding steroid dienone is 3. The van der Waals surface area contributed by atoms with Crippen LogP contribution in [0.2, 0.25) is 0 Å². The number of aliphatic carboxylic acids is 1. The molecule has 0 heterocycles. The van der Waals surface area contributed by atoms with Gasteiger partial charge in [-0.3, -0.25) is 33.6 Å². The number of hydrogen-bond donors (Lipinski definition) is 7. The number of nitrogens with two attached hydrogens (primary N) is 1. The lowest BCUT2D eigenvalue weighted by atomic mass is 9.91. The van der Waals surface area contributed by atoms with E-state index >= 15 is 0 Å². The molecule has 2 aliphatic carbocycles. The molecule has 1 fully saturated rings. The first-order valence-electron chi connectivity index (χ1n) is 17.7. The van der Waals surface area contributed by atoms with Crippen molar-refractivity contribution in [3.63, 3.8) is 0 Å². The maximum absolute atomic E-state index is 13.2. The maximum atomic E-state index is 13.2. The van der Waals surface area contributed by atoms with Gasteiger partial charge in [0.1, 0.15) is 18.1 Å². The van der Waals surface area contributed by atoms with E-state index in [4.69, 9.17) is 5.73 Å². The van der Waals surface area contributed by atoms with E-state index < -0.39 is 84.6 Å². The molecule has 292 valence electrons. The molecule has 0 aromatic carbocycles. The van der Waals surface area contributed by atoms with E-state index in [9.17, 15) is 43.5 Å². The Kier molecular flexibility index (Phi) is 21.8. The molecule has 2 aliphatic rings. The van der Waals surface area contributed by atoms with Crippen LogP contribution in [0.25, 0.3) is 0 Å². The predicted molar refractivity (Wildman–Crippen MR) is 198 cm³/mol. The van der Waals surface area contributed by atoms with E-state index in [0.29, 0.717) is 0 Å². The van der Waals surface area contributed by atoms with Crippen molar-refractivity contribution in [2.24, 2.45) is 11.7 Å². The van der Waals surface area contributed by atoms with Crippen LogP contribution in [0.3, 0.4) is 0 Å². The second kappa shape index (κ2) is 24.8. The second-order valence-corrected chi connectivity index (χ2v) is 13.8. The average Bonchev–Trinajstić information content (AvgIpc) is 3.09. The number of nitrogens with zero attached hydrogens (tertiary/aromatic N) is 1. The molecule has 2 rings (SSSR count). The topological polar surface area (TPSA) is 246 Å². The van der Waals surface area contributed by atoms with Gasteiger partial charge in [-0.1, -0.05) is 73.2 Å². The fourth-order valence-corrected chi connectivity index (χ4v) is 5.86. The van der Waals surface area contributed by atoms with Crippen LogP contribution in [0, 0.1) is 5.92 Å². The molecule has 1 saturated carbocycles. The van der Waals surface area contributed by atoms with Crippen LogP contribution in [0.1, 0.15) is 91.9 Å². The van der Waals surface area contributed by atoms with Crippen molar-refractivity contribution in [3.8, 4) is 0 Å². The zero-order chi connectivity index (χ0) is 39.2. The zero-order valence-corrected chi connectivity index (χ0v) is 32.2. The van der Waals surface area contributed by atoms with Crippen LogP contribution in [0.4, 0.5) is 0 Å². The fourth-order valence-electron chi connectivity index (χ4n) is 5.66. The molecule has 16 nitrogen and oxygen atoms in total. The van der Waals surface area contributed by atoms with Gasteiger partial charge in [0.15, 0.2) is 0 Å². The van der Waals surface area contributed by atoms with Gasteiger partial charge in [0.25, 0.3) is 0 Å². The number of carbonyl (C=O) groups excluding carboxylic acids is 7. The highest BCUT2D eigenvalue weighted by atomic mass is 79.9. The molecule has 3 unspecified atom stereocenters. The van der Waals surface area contributed by atoms with E-state index in [2.05, 4.69) is 49.4 Å². The van der Waals surface area contributed by atoms with Gasteiger partial charge in [-0.05, 0) is 44.6 Å². The Morgan fingerprint density at radius 3 is 2.04 bits per heavy atom. The Morgan fingerprint density at radius 1 is 0.904 bits per heavy atom. The molecular formula is C35H56BrN7O9. The van der Waals surface area contributed by atoms with Crippen molar-refractivity contribution in [1.29, 1.82) is 0 Å². The number of nitrogens with one attached hydrogen (secondary N) is 5.